The average molecular weight is 386 g/mol. The third-order valence-corrected chi connectivity index (χ3v) is 4.17. The van der Waals surface area contributed by atoms with Crippen LogP contribution in [0.15, 0.2) is 24.3 Å². The molecule has 1 aromatic heterocycles. The van der Waals surface area contributed by atoms with Gasteiger partial charge in [0.15, 0.2) is 12.4 Å². The molecule has 2 N–H and O–H groups in total. The van der Waals surface area contributed by atoms with E-state index >= 15 is 0 Å². The molecule has 1 aliphatic rings. The van der Waals surface area contributed by atoms with Gasteiger partial charge in [-0.1, -0.05) is 11.6 Å². The normalized spacial score (nSPS) is 14.6. The van der Waals surface area contributed by atoms with Gasteiger partial charge >= 0.3 is 0 Å². The lowest BCUT2D eigenvalue weighted by molar-refractivity contribution is -0.118. The molecule has 1 aromatic carbocycles. The Hall–Kier alpha value is -1.83. The highest BCUT2D eigenvalue weighted by molar-refractivity contribution is 6.30. The molecule has 136 valence electrons. The summed E-state index contributed by atoms with van der Waals surface area (Å²) in [6.45, 7) is 1.84. The van der Waals surface area contributed by atoms with Gasteiger partial charge in [0.25, 0.3) is 5.91 Å². The highest BCUT2D eigenvalue weighted by Gasteiger charge is 2.21. The summed E-state index contributed by atoms with van der Waals surface area (Å²) in [5, 5.41) is 11.1. The van der Waals surface area contributed by atoms with Crippen molar-refractivity contribution in [1.29, 1.82) is 0 Å². The van der Waals surface area contributed by atoms with Gasteiger partial charge in [-0.3, -0.25) is 10.1 Å². The van der Waals surface area contributed by atoms with E-state index in [4.69, 9.17) is 16.3 Å². The van der Waals surface area contributed by atoms with E-state index in [0.717, 1.165) is 31.8 Å². The van der Waals surface area contributed by atoms with Crippen molar-refractivity contribution in [1.82, 2.24) is 20.1 Å². The van der Waals surface area contributed by atoms with E-state index in [2.05, 4.69) is 20.7 Å². The van der Waals surface area contributed by atoms with Crippen molar-refractivity contribution in [2.45, 2.75) is 18.8 Å². The SMILES string of the molecule is Cl.Cn1nc(C2CCNCC2)nc1NC(=O)COc1ccc(Cl)cc1. The number of halogens is 2. The molecule has 3 rings (SSSR count). The molecule has 0 aliphatic carbocycles. The zero-order valence-electron chi connectivity index (χ0n) is 13.9. The van der Waals surface area contributed by atoms with Crippen LogP contribution in [0.25, 0.3) is 0 Å². The summed E-state index contributed by atoms with van der Waals surface area (Å²) in [6, 6.07) is 6.85. The lowest BCUT2D eigenvalue weighted by Gasteiger charge is -2.19. The summed E-state index contributed by atoms with van der Waals surface area (Å²) in [4.78, 5) is 16.5. The van der Waals surface area contributed by atoms with Crippen LogP contribution in [0.4, 0.5) is 5.95 Å². The molecule has 9 heteroatoms. The second kappa shape index (κ2) is 9.03. The minimum Gasteiger partial charge on any atom is -0.484 e. The van der Waals surface area contributed by atoms with Crippen molar-refractivity contribution in [2.24, 2.45) is 7.05 Å². The van der Waals surface area contributed by atoms with Crippen molar-refractivity contribution < 1.29 is 9.53 Å². The molecule has 0 radical (unpaired) electrons. The zero-order valence-corrected chi connectivity index (χ0v) is 15.4. The lowest BCUT2D eigenvalue weighted by atomic mass is 9.98. The number of aromatic nitrogens is 3. The quantitative estimate of drug-likeness (QED) is 0.825. The minimum absolute atomic E-state index is 0. The van der Waals surface area contributed by atoms with Crippen LogP contribution >= 0.6 is 24.0 Å². The number of rotatable bonds is 5. The third-order valence-electron chi connectivity index (χ3n) is 3.92. The molecule has 2 aromatic rings. The number of aryl methyl sites for hydroxylation is 1. The molecule has 0 unspecified atom stereocenters. The Kier molecular flexibility index (Phi) is 7.04. The van der Waals surface area contributed by atoms with Gasteiger partial charge in [-0.25, -0.2) is 4.68 Å². The Morgan fingerprint density at radius 3 is 2.72 bits per heavy atom. The highest BCUT2D eigenvalue weighted by Crippen LogP contribution is 2.23. The van der Waals surface area contributed by atoms with E-state index < -0.39 is 0 Å². The number of nitrogens with zero attached hydrogens (tertiary/aromatic N) is 3. The molecule has 2 heterocycles. The Bertz CT molecular complexity index is 699. The molecule has 0 atom stereocenters. The van der Waals surface area contributed by atoms with Crippen molar-refractivity contribution in [3.05, 3.63) is 35.1 Å². The topological polar surface area (TPSA) is 81.1 Å². The van der Waals surface area contributed by atoms with Crippen molar-refractivity contribution in [3.63, 3.8) is 0 Å². The Morgan fingerprint density at radius 1 is 1.36 bits per heavy atom. The first-order valence-electron chi connectivity index (χ1n) is 7.91. The molecule has 1 aliphatic heterocycles. The minimum atomic E-state index is -0.280. The lowest BCUT2D eigenvalue weighted by Crippen LogP contribution is -2.27. The Morgan fingerprint density at radius 2 is 2.04 bits per heavy atom. The van der Waals surface area contributed by atoms with Crippen LogP contribution < -0.4 is 15.4 Å². The van der Waals surface area contributed by atoms with Crippen LogP contribution in [0.5, 0.6) is 5.75 Å². The third kappa shape index (κ3) is 5.32. The molecular formula is C16H21Cl2N5O2. The fourth-order valence-corrected chi connectivity index (χ4v) is 2.73. The van der Waals surface area contributed by atoms with Gasteiger partial charge < -0.3 is 10.1 Å². The van der Waals surface area contributed by atoms with E-state index in [1.165, 1.54) is 0 Å². The number of benzene rings is 1. The maximum atomic E-state index is 12.0. The summed E-state index contributed by atoms with van der Waals surface area (Å²) in [6.07, 6.45) is 2.02. The first kappa shape index (κ1) is 19.5. The Balaban J connectivity index is 0.00000225. The summed E-state index contributed by atoms with van der Waals surface area (Å²) in [7, 11) is 1.77. The maximum absolute atomic E-state index is 12.0. The summed E-state index contributed by atoms with van der Waals surface area (Å²) >= 11 is 5.81. The number of carbonyl (C=O) groups is 1. The van der Waals surface area contributed by atoms with Crippen LogP contribution in [0.1, 0.15) is 24.6 Å². The molecule has 25 heavy (non-hydrogen) atoms. The van der Waals surface area contributed by atoms with Gasteiger partial charge in [0.05, 0.1) is 0 Å². The highest BCUT2D eigenvalue weighted by atomic mass is 35.5. The van der Waals surface area contributed by atoms with Gasteiger partial charge in [0.1, 0.15) is 5.75 Å². The maximum Gasteiger partial charge on any atom is 0.264 e. The molecule has 0 spiro atoms. The van der Waals surface area contributed by atoms with Crippen LogP contribution in [0.3, 0.4) is 0 Å². The van der Waals surface area contributed by atoms with Gasteiger partial charge in [0, 0.05) is 18.0 Å². The van der Waals surface area contributed by atoms with Gasteiger partial charge in [-0.15, -0.1) is 12.4 Å². The molecule has 1 amide bonds. The number of hydrogen-bond acceptors (Lipinski definition) is 5. The fourth-order valence-electron chi connectivity index (χ4n) is 2.61. The predicted molar refractivity (Wildman–Crippen MR) is 98.7 cm³/mol. The molecule has 0 bridgehead atoms. The number of amides is 1. The number of ether oxygens (including phenoxy) is 1. The van der Waals surface area contributed by atoms with E-state index in [0.29, 0.717) is 22.6 Å². The summed E-state index contributed by atoms with van der Waals surface area (Å²) in [5.41, 5.74) is 0. The van der Waals surface area contributed by atoms with E-state index in [1.807, 2.05) is 0 Å². The standard InChI is InChI=1S/C16H20ClN5O2.ClH/c1-22-16(20-15(21-22)11-6-8-18-9-7-11)19-14(23)10-24-13-4-2-12(17)3-5-13;/h2-5,11,18H,6-10H2,1H3,(H,19,20,21,23);1H. The Labute approximate surface area is 157 Å². The first-order chi connectivity index (χ1) is 11.6. The van der Waals surface area contributed by atoms with E-state index in [9.17, 15) is 4.79 Å². The van der Waals surface area contributed by atoms with Gasteiger partial charge in [-0.05, 0) is 50.2 Å². The zero-order chi connectivity index (χ0) is 16.9. The molecule has 7 nitrogen and oxygen atoms in total. The average Bonchev–Trinajstić information content (AvgIpc) is 2.96. The monoisotopic (exact) mass is 385 g/mol. The summed E-state index contributed by atoms with van der Waals surface area (Å²) < 4.78 is 7.02. The van der Waals surface area contributed by atoms with Crippen molar-refractivity contribution in [2.75, 3.05) is 25.0 Å². The van der Waals surface area contributed by atoms with Crippen molar-refractivity contribution in [3.8, 4) is 5.75 Å². The van der Waals surface area contributed by atoms with Crippen LogP contribution in [-0.4, -0.2) is 40.4 Å². The van der Waals surface area contributed by atoms with Crippen LogP contribution in [0.2, 0.25) is 5.02 Å². The van der Waals surface area contributed by atoms with Crippen LogP contribution in [-0.2, 0) is 11.8 Å². The van der Waals surface area contributed by atoms with Gasteiger partial charge in [-0.2, -0.15) is 10.1 Å². The number of carbonyl (C=O) groups excluding carboxylic acids is 1. The summed E-state index contributed by atoms with van der Waals surface area (Å²) in [5.74, 6) is 1.87. The van der Waals surface area contributed by atoms with E-state index in [1.54, 1.807) is 36.0 Å². The molecule has 1 fully saturated rings. The first-order valence-corrected chi connectivity index (χ1v) is 8.29. The van der Waals surface area contributed by atoms with Crippen molar-refractivity contribution >= 4 is 35.9 Å². The molecule has 0 saturated carbocycles. The number of nitrogens with one attached hydrogen (secondary N) is 2. The van der Waals surface area contributed by atoms with Crippen LogP contribution in [0, 0.1) is 0 Å². The predicted octanol–water partition coefficient (Wildman–Crippen LogP) is 2.37. The van der Waals surface area contributed by atoms with E-state index in [-0.39, 0.29) is 24.9 Å². The smallest absolute Gasteiger partial charge is 0.264 e. The molecular weight excluding hydrogens is 365 g/mol. The number of anilines is 1. The molecule has 1 saturated heterocycles. The largest absolute Gasteiger partial charge is 0.484 e. The second-order valence-corrected chi connectivity index (χ2v) is 6.17. The van der Waals surface area contributed by atoms with Gasteiger partial charge in [0.2, 0.25) is 5.95 Å². The second-order valence-electron chi connectivity index (χ2n) is 5.73. The number of hydrogen-bond donors (Lipinski definition) is 2. The number of piperidine rings is 1. The fraction of sp³-hybridized carbons (Fsp3) is 0.438.